The Morgan fingerprint density at radius 1 is 0.683 bits per heavy atom. The summed E-state index contributed by atoms with van der Waals surface area (Å²) in [5, 5.41) is 11.5. The number of benzene rings is 2. The molecule has 0 spiro atoms. The zero-order chi connectivity index (χ0) is 28.1. The molecular weight excluding hydrogens is 539 g/mol. The lowest BCUT2D eigenvalue weighted by Crippen LogP contribution is -2.44. The molecule has 6 rings (SSSR count). The lowest BCUT2D eigenvalue weighted by atomic mass is 10.0. The number of nitrogens with one attached hydrogen (secondary N) is 1. The molecule has 0 aromatic heterocycles. The molecule has 4 aliphatic rings. The summed E-state index contributed by atoms with van der Waals surface area (Å²) in [5.41, 5.74) is 3.47. The number of carbonyl (C=O) groups excluding carboxylic acids is 1. The number of rotatable bonds is 7. The zero-order valence-electron chi connectivity index (χ0n) is 23.5. The summed E-state index contributed by atoms with van der Waals surface area (Å²) in [7, 11) is -2.67. The molecule has 1 aliphatic carbocycles. The molecule has 3 heterocycles. The average Bonchev–Trinajstić information content (AvgIpc) is 3.50. The minimum Gasteiger partial charge on any atom is -0.422 e. The molecule has 3 saturated heterocycles. The average molecular weight is 579 g/mol. The fourth-order valence-corrected chi connectivity index (χ4v) is 9.68. The Morgan fingerprint density at radius 2 is 1.17 bits per heavy atom. The van der Waals surface area contributed by atoms with Crippen molar-refractivity contribution in [2.24, 2.45) is 0 Å². The van der Waals surface area contributed by atoms with E-state index in [1.165, 1.54) is 5.31 Å². The summed E-state index contributed by atoms with van der Waals surface area (Å²) in [6.45, 7) is 8.24. The highest BCUT2D eigenvalue weighted by atomic mass is 31.2. The van der Waals surface area contributed by atoms with Gasteiger partial charge in [-0.3, -0.25) is 14.5 Å². The van der Waals surface area contributed by atoms with Gasteiger partial charge in [0.15, 0.2) is 0 Å². The van der Waals surface area contributed by atoms with Crippen molar-refractivity contribution < 1.29 is 23.7 Å². The molecule has 0 atom stereocenters. The van der Waals surface area contributed by atoms with Gasteiger partial charge in [0.2, 0.25) is 0 Å². The van der Waals surface area contributed by atoms with Crippen LogP contribution in [0, 0.1) is 5.16 Å². The molecule has 3 aliphatic heterocycles. The van der Waals surface area contributed by atoms with Crippen molar-refractivity contribution in [2.75, 3.05) is 78.9 Å². The van der Waals surface area contributed by atoms with Gasteiger partial charge < -0.3 is 23.8 Å². The number of ether oxygens (including phenoxy) is 4. The molecule has 0 radical (unpaired) electrons. The molecule has 10 heteroatoms. The normalized spacial score (nSPS) is 22.6. The maximum Gasteiger partial charge on any atom is 0.343 e. The van der Waals surface area contributed by atoms with E-state index >= 15 is 0 Å². The second kappa shape index (κ2) is 13.0. The molecular formula is C31H39N4O5P. The van der Waals surface area contributed by atoms with Crippen LogP contribution in [0.15, 0.2) is 77.2 Å². The van der Waals surface area contributed by atoms with Gasteiger partial charge in [0.1, 0.15) is 13.1 Å². The molecule has 0 bridgehead atoms. The predicted molar refractivity (Wildman–Crippen MR) is 158 cm³/mol. The third kappa shape index (κ3) is 5.93. The van der Waals surface area contributed by atoms with Gasteiger partial charge in [-0.2, -0.15) is 0 Å². The topological polar surface area (TPSA) is 87.6 Å². The quantitative estimate of drug-likeness (QED) is 0.283. The van der Waals surface area contributed by atoms with Crippen molar-refractivity contribution >= 4 is 19.1 Å². The van der Waals surface area contributed by atoms with Crippen LogP contribution in [0.5, 0.6) is 0 Å². The molecule has 3 fully saturated rings. The second-order valence-corrected chi connectivity index (χ2v) is 13.4. The van der Waals surface area contributed by atoms with Crippen LogP contribution in [0.25, 0.3) is 5.76 Å². The van der Waals surface area contributed by atoms with Crippen molar-refractivity contribution in [3.63, 3.8) is 0 Å². The van der Waals surface area contributed by atoms with Gasteiger partial charge in [-0.15, -0.1) is 0 Å². The van der Waals surface area contributed by atoms with E-state index in [1.54, 1.807) is 12.1 Å². The Morgan fingerprint density at radius 3 is 1.71 bits per heavy atom. The Labute approximate surface area is 242 Å². The van der Waals surface area contributed by atoms with Crippen LogP contribution in [0.3, 0.4) is 0 Å². The highest BCUT2D eigenvalue weighted by Gasteiger charge is 2.44. The van der Waals surface area contributed by atoms with Gasteiger partial charge in [0.05, 0.1) is 50.9 Å². The van der Waals surface area contributed by atoms with Crippen molar-refractivity contribution in [3.8, 4) is 0 Å². The molecule has 2 aromatic carbocycles. The summed E-state index contributed by atoms with van der Waals surface area (Å²) >= 11 is 0. The number of carbonyl (C=O) groups is 1. The van der Waals surface area contributed by atoms with E-state index in [1.807, 2.05) is 48.5 Å². The van der Waals surface area contributed by atoms with Gasteiger partial charge in [-0.05, 0) is 25.0 Å². The molecule has 9 nitrogen and oxygen atoms in total. The fourth-order valence-electron chi connectivity index (χ4n) is 6.16. The Kier molecular flexibility index (Phi) is 9.01. The zero-order valence-corrected chi connectivity index (χ0v) is 24.4. The summed E-state index contributed by atoms with van der Waals surface area (Å²) in [4.78, 5) is 15.8. The van der Waals surface area contributed by atoms with Crippen LogP contribution >= 0.6 is 7.36 Å². The van der Waals surface area contributed by atoms with Crippen molar-refractivity contribution in [1.82, 2.24) is 14.2 Å². The Balaban J connectivity index is 1.52. The van der Waals surface area contributed by atoms with Crippen LogP contribution in [0.2, 0.25) is 0 Å². The van der Waals surface area contributed by atoms with Crippen molar-refractivity contribution in [2.45, 2.75) is 12.8 Å². The van der Waals surface area contributed by atoms with E-state index in [9.17, 15) is 9.96 Å². The lowest BCUT2D eigenvalue weighted by molar-refractivity contribution is 0.0532. The van der Waals surface area contributed by atoms with Crippen molar-refractivity contribution in [3.05, 3.63) is 88.4 Å². The van der Waals surface area contributed by atoms with E-state index in [2.05, 4.69) is 14.2 Å². The standard InChI is InChI=1S/C31H39N4O5P/c32-41(34-15-21-38-22-16-34,35-17-23-39-24-18-35)28-12-11-27(29(28)33-13-19-37-20-14-33)30(25-7-3-1-4-8-25)40-31(36)26-9-5-2-6-10-26/h1-10,32H,11-24H2. The molecule has 41 heavy (non-hydrogen) atoms. The third-order valence-corrected chi connectivity index (χ3v) is 11.8. The van der Waals surface area contributed by atoms with E-state index in [4.69, 9.17) is 18.9 Å². The highest BCUT2D eigenvalue weighted by Crippen LogP contribution is 2.66. The van der Waals surface area contributed by atoms with Crippen molar-refractivity contribution in [1.29, 1.82) is 5.16 Å². The number of morpholine rings is 3. The summed E-state index contributed by atoms with van der Waals surface area (Å²) < 4.78 is 28.3. The molecule has 218 valence electrons. The largest absolute Gasteiger partial charge is 0.422 e. The Hall–Kier alpha value is -2.78. The summed E-state index contributed by atoms with van der Waals surface area (Å²) in [6, 6.07) is 19.1. The third-order valence-electron chi connectivity index (χ3n) is 8.18. The maximum atomic E-state index is 13.5. The first-order chi connectivity index (χ1) is 20.2. The van der Waals surface area contributed by atoms with Crippen LogP contribution in [0.4, 0.5) is 0 Å². The number of esters is 1. The highest BCUT2D eigenvalue weighted by molar-refractivity contribution is 7.64. The molecule has 0 saturated carbocycles. The van der Waals surface area contributed by atoms with Gasteiger partial charge in [-0.1, -0.05) is 48.5 Å². The smallest absolute Gasteiger partial charge is 0.343 e. The van der Waals surface area contributed by atoms with E-state index in [-0.39, 0.29) is 5.97 Å². The molecule has 2 aromatic rings. The molecule has 0 unspecified atom stereocenters. The van der Waals surface area contributed by atoms with Gasteiger partial charge in [-0.25, -0.2) is 4.79 Å². The minimum absolute atomic E-state index is 0.375. The monoisotopic (exact) mass is 578 g/mol. The number of allylic oxidation sites excluding steroid dienone is 2. The number of hydrogen-bond donors (Lipinski definition) is 1. The maximum absolute atomic E-state index is 13.5. The second-order valence-electron chi connectivity index (χ2n) is 10.6. The van der Waals surface area contributed by atoms with Crippen LogP contribution in [-0.4, -0.2) is 99.1 Å². The van der Waals surface area contributed by atoms with E-state index in [0.29, 0.717) is 57.4 Å². The SMILES string of the molecule is N=P(C1=C(N2CCOCC2)C(=C(OC(=O)c2ccccc2)c2ccccc2)CC1)(N1CCOCC1)N1CCOCC1. The van der Waals surface area contributed by atoms with Gasteiger partial charge in [0, 0.05) is 55.7 Å². The van der Waals surface area contributed by atoms with Gasteiger partial charge >= 0.3 is 5.97 Å². The number of hydrogen-bond acceptors (Lipinski definition) is 7. The predicted octanol–water partition coefficient (Wildman–Crippen LogP) is 4.87. The lowest BCUT2D eigenvalue weighted by Gasteiger charge is -2.47. The van der Waals surface area contributed by atoms with Crippen LogP contribution < -0.4 is 0 Å². The van der Waals surface area contributed by atoms with E-state index in [0.717, 1.165) is 62.5 Å². The van der Waals surface area contributed by atoms with E-state index < -0.39 is 7.36 Å². The first-order valence-corrected chi connectivity index (χ1v) is 16.3. The van der Waals surface area contributed by atoms with Gasteiger partial charge in [0.25, 0.3) is 0 Å². The first-order valence-electron chi connectivity index (χ1n) is 14.6. The minimum atomic E-state index is -2.67. The summed E-state index contributed by atoms with van der Waals surface area (Å²) in [5.74, 6) is 0.214. The first kappa shape index (κ1) is 28.3. The molecule has 1 N–H and O–H groups in total. The number of nitrogens with zero attached hydrogens (tertiary/aromatic N) is 3. The summed E-state index contributed by atoms with van der Waals surface area (Å²) in [6.07, 6.45) is 1.47. The molecule has 0 amide bonds. The Bertz CT molecular complexity index is 1290. The van der Waals surface area contributed by atoms with Crippen LogP contribution in [-0.2, 0) is 18.9 Å². The fraction of sp³-hybridized carbons (Fsp3) is 0.452. The van der Waals surface area contributed by atoms with Crippen LogP contribution in [0.1, 0.15) is 28.8 Å².